The Morgan fingerprint density at radius 3 is 2.59 bits per heavy atom. The third-order valence-corrected chi connectivity index (χ3v) is 1.86. The third kappa shape index (κ3) is 3.24. The van der Waals surface area contributed by atoms with Crippen LogP contribution in [0, 0.1) is 11.5 Å². The summed E-state index contributed by atoms with van der Waals surface area (Å²) >= 11 is 0. The first kappa shape index (κ1) is 13.1. The molecule has 0 fully saturated rings. The van der Waals surface area contributed by atoms with Crippen LogP contribution in [0.15, 0.2) is 24.3 Å². The van der Waals surface area contributed by atoms with E-state index in [0.29, 0.717) is 0 Å². The smallest absolute Gasteiger partial charge is 0.428 e. The summed E-state index contributed by atoms with van der Waals surface area (Å²) in [5, 5.41) is 8.57. The number of nitrogens with zero attached hydrogens (tertiary/aromatic N) is 2. The highest BCUT2D eigenvalue weighted by molar-refractivity contribution is 5.52. The molecule has 0 aliphatic carbocycles. The van der Waals surface area contributed by atoms with Crippen molar-refractivity contribution in [1.29, 1.82) is 5.26 Å². The largest absolute Gasteiger partial charge is 0.461 e. The molecule has 0 amide bonds. The fourth-order valence-electron chi connectivity index (χ4n) is 1.02. The molecule has 0 radical (unpaired) electrons. The van der Waals surface area contributed by atoms with Crippen molar-refractivity contribution in [2.75, 3.05) is 11.9 Å². The number of nitriles is 1. The summed E-state index contributed by atoms with van der Waals surface area (Å²) in [6.45, 7) is 0. The van der Waals surface area contributed by atoms with E-state index in [-0.39, 0.29) is 5.69 Å². The van der Waals surface area contributed by atoms with Crippen molar-refractivity contribution in [2.45, 2.75) is 12.5 Å². The van der Waals surface area contributed by atoms with Crippen molar-refractivity contribution in [1.82, 2.24) is 0 Å². The van der Waals surface area contributed by atoms with Crippen LogP contribution in [0.4, 0.5) is 23.2 Å². The second kappa shape index (κ2) is 4.91. The zero-order chi connectivity index (χ0) is 13.1. The molecule has 0 heterocycles. The van der Waals surface area contributed by atoms with E-state index in [1.54, 1.807) is 6.19 Å². The Morgan fingerprint density at radius 1 is 1.41 bits per heavy atom. The molecule has 0 spiro atoms. The number of anilines is 1. The molecule has 0 N–H and O–H groups in total. The molecule has 92 valence electrons. The van der Waals surface area contributed by atoms with Gasteiger partial charge in [0.25, 0.3) is 0 Å². The molecule has 0 aliphatic heterocycles. The second-order valence-electron chi connectivity index (χ2n) is 3.12. The lowest BCUT2D eigenvalue weighted by molar-refractivity contribution is -0.253. The second-order valence-corrected chi connectivity index (χ2v) is 3.12. The molecule has 7 heteroatoms. The molecule has 0 saturated carbocycles. The quantitative estimate of drug-likeness (QED) is 0.467. The predicted molar refractivity (Wildman–Crippen MR) is 52.0 cm³/mol. The minimum atomic E-state index is -4.55. The van der Waals surface area contributed by atoms with Gasteiger partial charge in [0.1, 0.15) is 5.75 Å². The average molecular weight is 248 g/mol. The summed E-state index contributed by atoms with van der Waals surface area (Å²) in [5.74, 6) is -0.435. The zero-order valence-corrected chi connectivity index (χ0v) is 8.70. The maximum absolute atomic E-state index is 12.6. The van der Waals surface area contributed by atoms with Gasteiger partial charge in [-0.15, -0.1) is 0 Å². The normalized spacial score (nSPS) is 11.1. The SMILES string of the molecule is CN(C#N)c1cccc(OC(F)(F)C(F)F)c1. The maximum atomic E-state index is 12.6. The molecule has 0 aliphatic rings. The van der Waals surface area contributed by atoms with Crippen molar-refractivity contribution in [3.05, 3.63) is 24.3 Å². The van der Waals surface area contributed by atoms with Crippen LogP contribution in [0.1, 0.15) is 0 Å². The summed E-state index contributed by atoms with van der Waals surface area (Å²) in [6.07, 6.45) is -6.73. The summed E-state index contributed by atoms with van der Waals surface area (Å²) < 4.78 is 52.8. The van der Waals surface area contributed by atoms with Gasteiger partial charge < -0.3 is 4.74 Å². The van der Waals surface area contributed by atoms with Crippen LogP contribution >= 0.6 is 0 Å². The van der Waals surface area contributed by atoms with Crippen LogP contribution in [0.2, 0.25) is 0 Å². The highest BCUT2D eigenvalue weighted by Crippen LogP contribution is 2.29. The fraction of sp³-hybridized carbons (Fsp3) is 0.300. The molecule has 1 rings (SSSR count). The Labute approximate surface area is 94.8 Å². The Balaban J connectivity index is 2.91. The minimum Gasteiger partial charge on any atom is -0.428 e. The Hall–Kier alpha value is -1.97. The van der Waals surface area contributed by atoms with Crippen LogP contribution < -0.4 is 9.64 Å². The lowest BCUT2D eigenvalue weighted by atomic mass is 10.3. The van der Waals surface area contributed by atoms with E-state index in [1.165, 1.54) is 19.2 Å². The van der Waals surface area contributed by atoms with Crippen molar-refractivity contribution in [3.8, 4) is 11.9 Å². The highest BCUT2D eigenvalue weighted by Gasteiger charge is 2.43. The van der Waals surface area contributed by atoms with E-state index in [9.17, 15) is 17.6 Å². The first-order valence-corrected chi connectivity index (χ1v) is 4.45. The van der Waals surface area contributed by atoms with E-state index in [4.69, 9.17) is 5.26 Å². The Kier molecular flexibility index (Phi) is 3.78. The lowest BCUT2D eigenvalue weighted by Gasteiger charge is -2.18. The van der Waals surface area contributed by atoms with Gasteiger partial charge in [-0.3, -0.25) is 4.90 Å². The summed E-state index contributed by atoms with van der Waals surface area (Å²) in [5.41, 5.74) is 0.259. The van der Waals surface area contributed by atoms with Gasteiger partial charge in [-0.25, -0.2) is 0 Å². The fourth-order valence-corrected chi connectivity index (χ4v) is 1.02. The van der Waals surface area contributed by atoms with E-state index >= 15 is 0 Å². The number of benzene rings is 1. The highest BCUT2D eigenvalue weighted by atomic mass is 19.3. The predicted octanol–water partition coefficient (Wildman–Crippen LogP) is 2.84. The summed E-state index contributed by atoms with van der Waals surface area (Å²) in [7, 11) is 1.39. The zero-order valence-electron chi connectivity index (χ0n) is 8.70. The first-order valence-electron chi connectivity index (χ1n) is 4.45. The van der Waals surface area contributed by atoms with E-state index in [0.717, 1.165) is 17.0 Å². The monoisotopic (exact) mass is 248 g/mol. The molecule has 1 aromatic rings. The van der Waals surface area contributed by atoms with Gasteiger partial charge >= 0.3 is 12.5 Å². The molecule has 0 atom stereocenters. The molecule has 0 unspecified atom stereocenters. The third-order valence-electron chi connectivity index (χ3n) is 1.86. The standard InChI is InChI=1S/C10H8F4N2O/c1-16(6-15)7-3-2-4-8(5-7)17-10(13,14)9(11)12/h2-5,9H,1H3. The number of rotatable bonds is 4. The average Bonchev–Trinajstić information content (AvgIpc) is 2.27. The number of hydrogen-bond acceptors (Lipinski definition) is 3. The van der Waals surface area contributed by atoms with Crippen LogP contribution in [0.3, 0.4) is 0 Å². The van der Waals surface area contributed by atoms with Crippen LogP contribution in [0.5, 0.6) is 5.75 Å². The van der Waals surface area contributed by atoms with Gasteiger partial charge in [0.05, 0.1) is 5.69 Å². The van der Waals surface area contributed by atoms with Gasteiger partial charge in [-0.05, 0) is 12.1 Å². The van der Waals surface area contributed by atoms with Crippen molar-refractivity contribution in [2.24, 2.45) is 0 Å². The molecular formula is C10H8F4N2O. The van der Waals surface area contributed by atoms with E-state index in [1.807, 2.05) is 0 Å². The maximum Gasteiger partial charge on any atom is 0.461 e. The van der Waals surface area contributed by atoms with Crippen molar-refractivity contribution >= 4 is 5.69 Å². The molecule has 17 heavy (non-hydrogen) atoms. The topological polar surface area (TPSA) is 36.3 Å². The van der Waals surface area contributed by atoms with Gasteiger partial charge in [-0.2, -0.15) is 22.8 Å². The Morgan fingerprint density at radius 2 is 2.06 bits per heavy atom. The molecule has 0 bridgehead atoms. The molecule has 1 aromatic carbocycles. The van der Waals surface area contributed by atoms with Gasteiger partial charge in [0, 0.05) is 13.1 Å². The number of halogens is 4. The van der Waals surface area contributed by atoms with E-state index in [2.05, 4.69) is 4.74 Å². The number of hydrogen-bond donors (Lipinski definition) is 0. The summed E-state index contributed by atoms with van der Waals surface area (Å²) in [6, 6.07) is 4.95. The van der Waals surface area contributed by atoms with Crippen LogP contribution in [-0.4, -0.2) is 19.6 Å². The Bertz CT molecular complexity index is 431. The lowest BCUT2D eigenvalue weighted by Crippen LogP contribution is -2.33. The first-order chi connectivity index (χ1) is 7.86. The van der Waals surface area contributed by atoms with Gasteiger partial charge in [0.15, 0.2) is 6.19 Å². The molecule has 0 aromatic heterocycles. The molecule has 3 nitrogen and oxygen atoms in total. The van der Waals surface area contributed by atoms with Crippen molar-refractivity contribution < 1.29 is 22.3 Å². The van der Waals surface area contributed by atoms with Crippen LogP contribution in [0.25, 0.3) is 0 Å². The number of alkyl halides is 4. The number of ether oxygens (including phenoxy) is 1. The van der Waals surface area contributed by atoms with Crippen LogP contribution in [-0.2, 0) is 0 Å². The van der Waals surface area contributed by atoms with Gasteiger partial charge in [-0.1, -0.05) is 6.07 Å². The van der Waals surface area contributed by atoms with Crippen molar-refractivity contribution in [3.63, 3.8) is 0 Å². The minimum absolute atomic E-state index is 0.259. The molecule has 0 saturated heterocycles. The van der Waals surface area contributed by atoms with E-state index < -0.39 is 18.3 Å². The summed E-state index contributed by atoms with van der Waals surface area (Å²) in [4.78, 5) is 1.08. The van der Waals surface area contributed by atoms with Gasteiger partial charge in [0.2, 0.25) is 0 Å². The molecular weight excluding hydrogens is 240 g/mol.